The molecule has 0 bridgehead atoms. The minimum absolute atomic E-state index is 0.222. The number of fused-ring (bicyclic) bond motifs is 1. The molecule has 0 amide bonds. The van der Waals surface area contributed by atoms with E-state index in [4.69, 9.17) is 4.74 Å². The first-order valence-corrected chi connectivity index (χ1v) is 7.72. The Hall–Kier alpha value is -2.76. The molecule has 0 saturated carbocycles. The summed E-state index contributed by atoms with van der Waals surface area (Å²) in [5, 5.41) is 4.58. The quantitative estimate of drug-likeness (QED) is 0.677. The van der Waals surface area contributed by atoms with Crippen molar-refractivity contribution in [3.63, 3.8) is 0 Å². The Morgan fingerprint density at radius 3 is 2.62 bits per heavy atom. The van der Waals surface area contributed by atoms with Crippen molar-refractivity contribution in [3.05, 3.63) is 47.7 Å². The van der Waals surface area contributed by atoms with Crippen molar-refractivity contribution in [1.82, 2.24) is 19.6 Å². The summed E-state index contributed by atoms with van der Waals surface area (Å²) in [4.78, 5) is 21.2. The zero-order valence-electron chi connectivity index (χ0n) is 14.5. The molecule has 0 radical (unpaired) electrons. The van der Waals surface area contributed by atoms with Gasteiger partial charge in [-0.3, -0.25) is 4.98 Å². The van der Waals surface area contributed by atoms with E-state index < -0.39 is 5.97 Å². The van der Waals surface area contributed by atoms with Crippen LogP contribution in [0.3, 0.4) is 0 Å². The van der Waals surface area contributed by atoms with Crippen LogP contribution in [0.1, 0.15) is 42.6 Å². The van der Waals surface area contributed by atoms with E-state index in [1.807, 2.05) is 45.9 Å². The highest BCUT2D eigenvalue weighted by atomic mass is 16.5. The van der Waals surface area contributed by atoms with Crippen LogP contribution >= 0.6 is 0 Å². The lowest BCUT2D eigenvalue weighted by atomic mass is 9.96. The largest absolute Gasteiger partial charge is 0.465 e. The monoisotopic (exact) mass is 324 g/mol. The van der Waals surface area contributed by atoms with E-state index in [2.05, 4.69) is 15.1 Å². The molecule has 0 aliphatic heterocycles. The number of rotatable bonds is 2. The lowest BCUT2D eigenvalue weighted by molar-refractivity contribution is 0.0603. The molecule has 0 N–H and O–H groups in total. The Morgan fingerprint density at radius 2 is 2.04 bits per heavy atom. The van der Waals surface area contributed by atoms with E-state index in [1.54, 1.807) is 16.9 Å². The number of carbonyl (C=O) groups is 1. The maximum absolute atomic E-state index is 12.5. The van der Waals surface area contributed by atoms with Gasteiger partial charge in [-0.2, -0.15) is 5.10 Å². The fourth-order valence-electron chi connectivity index (χ4n) is 2.55. The van der Waals surface area contributed by atoms with Gasteiger partial charge in [0.2, 0.25) is 0 Å². The number of aromatic nitrogens is 4. The summed E-state index contributed by atoms with van der Waals surface area (Å²) in [6.45, 7) is 8.06. The first kappa shape index (κ1) is 16.1. The number of methoxy groups -OCH3 is 1. The third kappa shape index (κ3) is 2.64. The summed E-state index contributed by atoms with van der Waals surface area (Å²) in [6, 6.07) is 5.66. The predicted molar refractivity (Wildman–Crippen MR) is 91.0 cm³/mol. The highest BCUT2D eigenvalue weighted by Gasteiger charge is 2.26. The second-order valence-electron chi connectivity index (χ2n) is 6.73. The van der Waals surface area contributed by atoms with E-state index in [9.17, 15) is 4.79 Å². The minimum Gasteiger partial charge on any atom is -0.465 e. The fourth-order valence-corrected chi connectivity index (χ4v) is 2.55. The molecule has 124 valence electrons. The third-order valence-electron chi connectivity index (χ3n) is 3.82. The van der Waals surface area contributed by atoms with Crippen LogP contribution in [-0.2, 0) is 10.2 Å². The summed E-state index contributed by atoms with van der Waals surface area (Å²) in [5.74, 6) is 0.241. The van der Waals surface area contributed by atoms with Gasteiger partial charge < -0.3 is 4.74 Å². The van der Waals surface area contributed by atoms with Crippen LogP contribution < -0.4 is 0 Å². The summed E-state index contributed by atoms with van der Waals surface area (Å²) in [5.41, 5.74) is 3.15. The van der Waals surface area contributed by atoms with E-state index in [1.165, 1.54) is 7.11 Å². The highest BCUT2D eigenvalue weighted by molar-refractivity contribution is 6.03. The van der Waals surface area contributed by atoms with Crippen molar-refractivity contribution in [3.8, 4) is 11.1 Å². The van der Waals surface area contributed by atoms with E-state index in [0.29, 0.717) is 17.0 Å². The van der Waals surface area contributed by atoms with Crippen molar-refractivity contribution < 1.29 is 9.53 Å². The molecule has 0 aromatic carbocycles. The second-order valence-corrected chi connectivity index (χ2v) is 6.73. The highest BCUT2D eigenvalue weighted by Crippen LogP contribution is 2.29. The van der Waals surface area contributed by atoms with Gasteiger partial charge in [0.25, 0.3) is 0 Å². The summed E-state index contributed by atoms with van der Waals surface area (Å²) >= 11 is 0. The standard InChI is InChI=1S/C18H20N4O2/c1-11-9-13(12-7-6-8-19-10-12)14(16(23)24-5)15-20-17(18(2,3)4)21-22(11)15/h6-10H,1-5H3. The fraction of sp³-hybridized carbons (Fsp3) is 0.333. The van der Waals surface area contributed by atoms with E-state index >= 15 is 0 Å². The second kappa shape index (κ2) is 5.70. The lowest BCUT2D eigenvalue weighted by Crippen LogP contribution is -2.13. The Labute approximate surface area is 140 Å². The van der Waals surface area contributed by atoms with Gasteiger partial charge in [-0.05, 0) is 19.1 Å². The maximum Gasteiger partial charge on any atom is 0.342 e. The number of nitrogens with zero attached hydrogens (tertiary/aromatic N) is 4. The maximum atomic E-state index is 12.5. The smallest absolute Gasteiger partial charge is 0.342 e. The average Bonchev–Trinajstić information content (AvgIpc) is 3.01. The van der Waals surface area contributed by atoms with Crippen molar-refractivity contribution in [1.29, 1.82) is 0 Å². The number of hydrogen-bond donors (Lipinski definition) is 0. The Kier molecular flexibility index (Phi) is 3.83. The van der Waals surface area contributed by atoms with Crippen LogP contribution in [-0.4, -0.2) is 32.7 Å². The SMILES string of the molecule is COC(=O)c1c(-c2cccnc2)cc(C)n2nc(C(C)(C)C)nc12. The molecule has 0 spiro atoms. The molecule has 0 aliphatic rings. The Balaban J connectivity index is 2.39. The van der Waals surface area contributed by atoms with Gasteiger partial charge in [0.05, 0.1) is 7.11 Å². The van der Waals surface area contributed by atoms with Crippen LogP contribution in [0.25, 0.3) is 16.8 Å². The van der Waals surface area contributed by atoms with E-state index in [0.717, 1.165) is 16.8 Å². The molecule has 3 rings (SSSR count). The average molecular weight is 324 g/mol. The number of ether oxygens (including phenoxy) is 1. The molecule has 0 saturated heterocycles. The van der Waals surface area contributed by atoms with Gasteiger partial charge in [-0.15, -0.1) is 0 Å². The van der Waals surface area contributed by atoms with Crippen molar-refractivity contribution >= 4 is 11.6 Å². The van der Waals surface area contributed by atoms with Gasteiger partial charge in [0, 0.05) is 34.6 Å². The zero-order chi connectivity index (χ0) is 17.5. The molecular formula is C18H20N4O2. The predicted octanol–water partition coefficient (Wildman–Crippen LogP) is 3.18. The number of esters is 1. The molecule has 0 aliphatic carbocycles. The van der Waals surface area contributed by atoms with Gasteiger partial charge in [-0.1, -0.05) is 26.8 Å². The normalized spacial score (nSPS) is 11.7. The molecule has 6 heteroatoms. The number of aryl methyl sites for hydroxylation is 1. The molecule has 0 unspecified atom stereocenters. The van der Waals surface area contributed by atoms with Gasteiger partial charge in [0.1, 0.15) is 5.56 Å². The molecule has 3 heterocycles. The topological polar surface area (TPSA) is 69.4 Å². The Morgan fingerprint density at radius 1 is 1.29 bits per heavy atom. The summed E-state index contributed by atoms with van der Waals surface area (Å²) < 4.78 is 6.70. The van der Waals surface area contributed by atoms with Crippen LogP contribution in [0.15, 0.2) is 30.6 Å². The van der Waals surface area contributed by atoms with Crippen molar-refractivity contribution in [2.75, 3.05) is 7.11 Å². The lowest BCUT2D eigenvalue weighted by Gasteiger charge is -2.11. The zero-order valence-corrected chi connectivity index (χ0v) is 14.5. The van der Waals surface area contributed by atoms with E-state index in [-0.39, 0.29) is 5.41 Å². The Bertz CT molecular complexity index is 908. The molecule has 0 fully saturated rings. The van der Waals surface area contributed by atoms with Gasteiger partial charge in [0.15, 0.2) is 11.5 Å². The minimum atomic E-state index is -0.438. The number of pyridine rings is 2. The van der Waals surface area contributed by atoms with Crippen molar-refractivity contribution in [2.45, 2.75) is 33.1 Å². The van der Waals surface area contributed by atoms with Gasteiger partial charge >= 0.3 is 5.97 Å². The first-order valence-electron chi connectivity index (χ1n) is 7.72. The number of carbonyl (C=O) groups excluding carboxylic acids is 1. The van der Waals surface area contributed by atoms with Crippen LogP contribution in [0.2, 0.25) is 0 Å². The molecule has 3 aromatic rings. The van der Waals surface area contributed by atoms with Crippen LogP contribution in [0.5, 0.6) is 0 Å². The third-order valence-corrected chi connectivity index (χ3v) is 3.82. The summed E-state index contributed by atoms with van der Waals surface area (Å²) in [7, 11) is 1.37. The molecular weight excluding hydrogens is 304 g/mol. The van der Waals surface area contributed by atoms with Crippen molar-refractivity contribution in [2.24, 2.45) is 0 Å². The molecule has 3 aromatic heterocycles. The van der Waals surface area contributed by atoms with Crippen LogP contribution in [0, 0.1) is 6.92 Å². The first-order chi connectivity index (χ1) is 11.3. The van der Waals surface area contributed by atoms with Crippen LogP contribution in [0.4, 0.5) is 0 Å². The molecule has 0 atom stereocenters. The molecule has 24 heavy (non-hydrogen) atoms. The summed E-state index contributed by atoms with van der Waals surface area (Å²) in [6.07, 6.45) is 3.42. The molecule has 6 nitrogen and oxygen atoms in total. The number of hydrogen-bond acceptors (Lipinski definition) is 5. The van der Waals surface area contributed by atoms with Gasteiger partial charge in [-0.25, -0.2) is 14.3 Å².